The van der Waals surface area contributed by atoms with Gasteiger partial charge in [-0.2, -0.15) is 5.10 Å². The van der Waals surface area contributed by atoms with Gasteiger partial charge in [-0.15, -0.1) is 0 Å². The van der Waals surface area contributed by atoms with Gasteiger partial charge in [0.25, 0.3) is 0 Å². The lowest BCUT2D eigenvalue weighted by Crippen LogP contribution is -2.21. The molecule has 0 amide bonds. The van der Waals surface area contributed by atoms with Crippen LogP contribution in [0, 0.1) is 0 Å². The van der Waals surface area contributed by atoms with Gasteiger partial charge in [0, 0.05) is 6.20 Å². The zero-order valence-electron chi connectivity index (χ0n) is 6.73. The molecule has 0 aliphatic carbocycles. The van der Waals surface area contributed by atoms with E-state index in [2.05, 4.69) is 57.7 Å². The fraction of sp³-hybridized carbons (Fsp3) is 0.571. The van der Waals surface area contributed by atoms with Crippen LogP contribution in [-0.4, -0.2) is 9.78 Å². The smallest absolute Gasteiger partial charge is 0.142 e. The Kier molecular flexibility index (Phi) is 2.44. The van der Waals surface area contributed by atoms with Crippen molar-refractivity contribution in [3.05, 3.63) is 15.3 Å². The zero-order chi connectivity index (χ0) is 8.65. The van der Waals surface area contributed by atoms with Gasteiger partial charge in [-0.1, -0.05) is 0 Å². The van der Waals surface area contributed by atoms with Crippen molar-refractivity contribution in [2.75, 3.05) is 0 Å². The van der Waals surface area contributed by atoms with Crippen LogP contribution in [0.4, 0.5) is 0 Å². The first-order chi connectivity index (χ1) is 4.91. The molecule has 1 rings (SSSR count). The second-order valence-corrected chi connectivity index (χ2v) is 4.99. The highest BCUT2D eigenvalue weighted by atomic mass is 79.9. The van der Waals surface area contributed by atoms with Crippen LogP contribution < -0.4 is 0 Å². The van der Waals surface area contributed by atoms with Gasteiger partial charge in [0.2, 0.25) is 0 Å². The SMILES string of the molecule is CC(C)(C)n1cc(Br)c(Br)n1. The normalized spacial score (nSPS) is 12.1. The number of hydrogen-bond donors (Lipinski definition) is 0. The summed E-state index contributed by atoms with van der Waals surface area (Å²) in [6.07, 6.45) is 1.96. The molecule has 0 fully saturated rings. The van der Waals surface area contributed by atoms with E-state index < -0.39 is 0 Å². The third-order valence-corrected chi connectivity index (χ3v) is 3.01. The van der Waals surface area contributed by atoms with Crippen LogP contribution in [0.1, 0.15) is 20.8 Å². The summed E-state index contributed by atoms with van der Waals surface area (Å²) in [5, 5.41) is 4.27. The van der Waals surface area contributed by atoms with Gasteiger partial charge in [0.1, 0.15) is 4.60 Å². The molecule has 1 aromatic rings. The number of aromatic nitrogens is 2. The lowest BCUT2D eigenvalue weighted by Gasteiger charge is -2.18. The minimum Gasteiger partial charge on any atom is -0.265 e. The standard InChI is InChI=1S/C7H10Br2N2/c1-7(2,3)11-4-5(8)6(9)10-11/h4H,1-3H3. The summed E-state index contributed by atoms with van der Waals surface area (Å²) in [6, 6.07) is 0. The average molecular weight is 282 g/mol. The maximum Gasteiger partial charge on any atom is 0.142 e. The molecule has 2 nitrogen and oxygen atoms in total. The average Bonchev–Trinajstić information content (AvgIpc) is 2.11. The van der Waals surface area contributed by atoms with E-state index in [-0.39, 0.29) is 5.54 Å². The molecule has 0 bridgehead atoms. The summed E-state index contributed by atoms with van der Waals surface area (Å²) in [6.45, 7) is 6.33. The highest BCUT2D eigenvalue weighted by Gasteiger charge is 2.15. The third kappa shape index (κ3) is 2.06. The lowest BCUT2D eigenvalue weighted by molar-refractivity contribution is 0.354. The molecule has 11 heavy (non-hydrogen) atoms. The Labute approximate surface area is 83.2 Å². The van der Waals surface area contributed by atoms with Gasteiger partial charge in [0.15, 0.2) is 0 Å². The second-order valence-electron chi connectivity index (χ2n) is 3.38. The van der Waals surface area contributed by atoms with E-state index in [1.165, 1.54) is 0 Å². The molecule has 0 spiro atoms. The first-order valence-electron chi connectivity index (χ1n) is 3.32. The number of nitrogens with zero attached hydrogens (tertiary/aromatic N) is 2. The summed E-state index contributed by atoms with van der Waals surface area (Å²) < 4.78 is 3.76. The van der Waals surface area contributed by atoms with Gasteiger partial charge in [0.05, 0.1) is 10.0 Å². The molecule has 1 aromatic heterocycles. The van der Waals surface area contributed by atoms with E-state index in [1.807, 2.05) is 10.9 Å². The van der Waals surface area contributed by atoms with E-state index in [0.717, 1.165) is 9.08 Å². The molecule has 1 heterocycles. The molecule has 0 saturated heterocycles. The fourth-order valence-electron chi connectivity index (χ4n) is 0.675. The summed E-state index contributed by atoms with van der Waals surface area (Å²) >= 11 is 6.71. The van der Waals surface area contributed by atoms with Crippen molar-refractivity contribution in [2.24, 2.45) is 0 Å². The van der Waals surface area contributed by atoms with E-state index >= 15 is 0 Å². The van der Waals surface area contributed by atoms with Crippen LogP contribution in [0.25, 0.3) is 0 Å². The molecule has 0 N–H and O–H groups in total. The van der Waals surface area contributed by atoms with Crippen LogP contribution in [0.5, 0.6) is 0 Å². The summed E-state index contributed by atoms with van der Waals surface area (Å²) in [4.78, 5) is 0. The van der Waals surface area contributed by atoms with E-state index in [4.69, 9.17) is 0 Å². The molecule has 4 heteroatoms. The van der Waals surface area contributed by atoms with Crippen LogP contribution in [0.15, 0.2) is 15.3 Å². The van der Waals surface area contributed by atoms with Crippen molar-refractivity contribution in [2.45, 2.75) is 26.3 Å². The highest BCUT2D eigenvalue weighted by Crippen LogP contribution is 2.24. The Morgan fingerprint density at radius 2 is 1.91 bits per heavy atom. The number of rotatable bonds is 0. The topological polar surface area (TPSA) is 17.8 Å². The molecule has 62 valence electrons. The number of halogens is 2. The van der Waals surface area contributed by atoms with Gasteiger partial charge in [-0.3, -0.25) is 4.68 Å². The summed E-state index contributed by atoms with van der Waals surface area (Å²) in [5.41, 5.74) is 0.0501. The Bertz CT molecular complexity index is 240. The minimum atomic E-state index is 0.0501. The maximum atomic E-state index is 4.27. The summed E-state index contributed by atoms with van der Waals surface area (Å²) in [7, 11) is 0. The van der Waals surface area contributed by atoms with Crippen molar-refractivity contribution in [1.82, 2.24) is 9.78 Å². The van der Waals surface area contributed by atoms with Crippen molar-refractivity contribution < 1.29 is 0 Å². The largest absolute Gasteiger partial charge is 0.265 e. The third-order valence-electron chi connectivity index (χ3n) is 1.32. The molecule has 0 aliphatic heterocycles. The summed E-state index contributed by atoms with van der Waals surface area (Å²) in [5.74, 6) is 0. The molecular formula is C7H10Br2N2. The van der Waals surface area contributed by atoms with Gasteiger partial charge >= 0.3 is 0 Å². The molecule has 0 radical (unpaired) electrons. The highest BCUT2D eigenvalue weighted by molar-refractivity contribution is 9.13. The Morgan fingerprint density at radius 3 is 2.09 bits per heavy atom. The minimum absolute atomic E-state index is 0.0501. The first kappa shape index (κ1) is 9.26. The second kappa shape index (κ2) is 2.90. The van der Waals surface area contributed by atoms with Gasteiger partial charge in [-0.25, -0.2) is 0 Å². The first-order valence-corrected chi connectivity index (χ1v) is 4.91. The predicted octanol–water partition coefficient (Wildman–Crippen LogP) is 3.16. The molecule has 0 unspecified atom stereocenters. The van der Waals surface area contributed by atoms with Crippen LogP contribution in [0.2, 0.25) is 0 Å². The molecular weight excluding hydrogens is 272 g/mol. The van der Waals surface area contributed by atoms with Crippen LogP contribution in [0.3, 0.4) is 0 Å². The van der Waals surface area contributed by atoms with Crippen molar-refractivity contribution >= 4 is 31.9 Å². The monoisotopic (exact) mass is 280 g/mol. The number of hydrogen-bond acceptors (Lipinski definition) is 1. The van der Waals surface area contributed by atoms with E-state index in [9.17, 15) is 0 Å². The van der Waals surface area contributed by atoms with E-state index in [1.54, 1.807) is 0 Å². The maximum absolute atomic E-state index is 4.27. The Hall–Kier alpha value is 0.170. The Balaban J connectivity index is 3.08. The molecule has 0 saturated carbocycles. The molecule has 0 aromatic carbocycles. The Morgan fingerprint density at radius 1 is 1.36 bits per heavy atom. The van der Waals surface area contributed by atoms with Crippen molar-refractivity contribution in [1.29, 1.82) is 0 Å². The lowest BCUT2D eigenvalue weighted by atomic mass is 10.1. The van der Waals surface area contributed by atoms with Crippen molar-refractivity contribution in [3.63, 3.8) is 0 Å². The van der Waals surface area contributed by atoms with Gasteiger partial charge < -0.3 is 0 Å². The van der Waals surface area contributed by atoms with E-state index in [0.29, 0.717) is 0 Å². The van der Waals surface area contributed by atoms with Gasteiger partial charge in [-0.05, 0) is 52.6 Å². The predicted molar refractivity (Wildman–Crippen MR) is 52.6 cm³/mol. The van der Waals surface area contributed by atoms with Crippen LogP contribution >= 0.6 is 31.9 Å². The molecule has 0 aliphatic rings. The fourth-order valence-corrected chi connectivity index (χ4v) is 1.22. The van der Waals surface area contributed by atoms with Crippen molar-refractivity contribution in [3.8, 4) is 0 Å². The zero-order valence-corrected chi connectivity index (χ0v) is 9.90. The molecule has 0 atom stereocenters. The quantitative estimate of drug-likeness (QED) is 0.714. The van der Waals surface area contributed by atoms with Crippen LogP contribution in [-0.2, 0) is 5.54 Å².